The molecule has 0 aromatic heterocycles. The first-order chi connectivity index (χ1) is 15.8. The number of anilines is 1. The van der Waals surface area contributed by atoms with Crippen LogP contribution in [0.4, 0.5) is 23.7 Å². The van der Waals surface area contributed by atoms with Crippen molar-refractivity contribution >= 4 is 29.3 Å². The normalized spacial score (nSPS) is 16.7. The number of rotatable bonds is 4. The van der Waals surface area contributed by atoms with Crippen LogP contribution in [0.5, 0.6) is 5.75 Å². The number of hydrogen-bond donors (Lipinski definition) is 1. The van der Waals surface area contributed by atoms with Gasteiger partial charge in [-0.25, -0.2) is 4.79 Å². The number of alkyl halides is 3. The average molecular weight is 499 g/mol. The maximum absolute atomic E-state index is 13.0. The second-order valence-corrected chi connectivity index (χ2v) is 9.32. The number of amides is 2. The van der Waals surface area contributed by atoms with Gasteiger partial charge in [-0.05, 0) is 58.2 Å². The van der Waals surface area contributed by atoms with Gasteiger partial charge in [0.05, 0.1) is 5.02 Å². The number of halogens is 4. The monoisotopic (exact) mass is 498 g/mol. The first kappa shape index (κ1) is 25.7. The number of piperidine rings is 1. The molecule has 1 aliphatic heterocycles. The molecule has 34 heavy (non-hydrogen) atoms. The molecule has 0 aliphatic carbocycles. The Morgan fingerprint density at radius 1 is 1.06 bits per heavy atom. The summed E-state index contributed by atoms with van der Waals surface area (Å²) in [5.74, 6) is -0.779. The van der Waals surface area contributed by atoms with E-state index in [0.717, 1.165) is 12.8 Å². The highest BCUT2D eigenvalue weighted by Crippen LogP contribution is 2.38. The van der Waals surface area contributed by atoms with Crippen LogP contribution in [0.15, 0.2) is 42.5 Å². The van der Waals surface area contributed by atoms with Gasteiger partial charge < -0.3 is 14.8 Å². The van der Waals surface area contributed by atoms with Crippen molar-refractivity contribution in [2.45, 2.75) is 58.0 Å². The third kappa shape index (κ3) is 6.79. The van der Waals surface area contributed by atoms with E-state index >= 15 is 0 Å². The Balaban J connectivity index is 1.78. The minimum Gasteiger partial charge on any atom is -0.444 e. The lowest BCUT2D eigenvalue weighted by Crippen LogP contribution is -2.51. The maximum Gasteiger partial charge on any atom is 0.573 e. The van der Waals surface area contributed by atoms with E-state index in [9.17, 15) is 22.8 Å². The SMILES string of the molecule is CC(C)(C)OC(=O)N1CCCC[C@@H]1C(=O)Nc1ccc(-c2ccccc2OC(F)(F)F)c(Cl)c1. The Bertz CT molecular complexity index is 1050. The van der Waals surface area contributed by atoms with Crippen LogP contribution in [0.1, 0.15) is 40.0 Å². The zero-order valence-electron chi connectivity index (χ0n) is 19.0. The van der Waals surface area contributed by atoms with Crippen LogP contribution in [-0.4, -0.2) is 41.5 Å². The summed E-state index contributed by atoms with van der Waals surface area (Å²) in [5, 5.41) is 2.88. The number of ether oxygens (including phenoxy) is 2. The Hall–Kier alpha value is -2.94. The van der Waals surface area contributed by atoms with Crippen molar-refractivity contribution in [3.63, 3.8) is 0 Å². The highest BCUT2D eigenvalue weighted by atomic mass is 35.5. The maximum atomic E-state index is 13.0. The van der Waals surface area contributed by atoms with E-state index in [1.165, 1.54) is 41.3 Å². The van der Waals surface area contributed by atoms with Crippen LogP contribution in [0.2, 0.25) is 5.02 Å². The van der Waals surface area contributed by atoms with Crippen LogP contribution in [0.25, 0.3) is 11.1 Å². The summed E-state index contributed by atoms with van der Waals surface area (Å²) in [6.07, 6.45) is -3.37. The Morgan fingerprint density at radius 2 is 1.76 bits per heavy atom. The van der Waals surface area contributed by atoms with E-state index in [1.54, 1.807) is 26.8 Å². The highest BCUT2D eigenvalue weighted by molar-refractivity contribution is 6.33. The van der Waals surface area contributed by atoms with Gasteiger partial charge in [-0.15, -0.1) is 13.2 Å². The van der Waals surface area contributed by atoms with Gasteiger partial charge in [0, 0.05) is 23.4 Å². The largest absolute Gasteiger partial charge is 0.573 e. The molecular formula is C24H26ClF3N2O4. The van der Waals surface area contributed by atoms with Crippen molar-refractivity contribution < 1.29 is 32.2 Å². The lowest BCUT2D eigenvalue weighted by molar-refractivity contribution is -0.274. The summed E-state index contributed by atoms with van der Waals surface area (Å²) in [7, 11) is 0. The van der Waals surface area contributed by atoms with Gasteiger partial charge in [-0.1, -0.05) is 35.9 Å². The number of carbonyl (C=O) groups excluding carboxylic acids is 2. The fourth-order valence-corrected chi connectivity index (χ4v) is 3.97. The molecule has 1 atom stereocenters. The van der Waals surface area contributed by atoms with E-state index in [-0.39, 0.29) is 16.3 Å². The summed E-state index contributed by atoms with van der Waals surface area (Å²) in [6.45, 7) is 5.67. The zero-order chi connectivity index (χ0) is 25.1. The smallest absolute Gasteiger partial charge is 0.444 e. The first-order valence-corrected chi connectivity index (χ1v) is 11.2. The average Bonchev–Trinajstić information content (AvgIpc) is 2.72. The van der Waals surface area contributed by atoms with Crippen molar-refractivity contribution in [2.75, 3.05) is 11.9 Å². The summed E-state index contributed by atoms with van der Waals surface area (Å²) < 4.78 is 47.8. The van der Waals surface area contributed by atoms with E-state index in [0.29, 0.717) is 24.2 Å². The van der Waals surface area contributed by atoms with Crippen molar-refractivity contribution in [1.82, 2.24) is 4.90 Å². The van der Waals surface area contributed by atoms with E-state index in [2.05, 4.69) is 10.1 Å². The van der Waals surface area contributed by atoms with Gasteiger partial charge in [0.25, 0.3) is 0 Å². The quantitative estimate of drug-likeness (QED) is 0.513. The van der Waals surface area contributed by atoms with Crippen LogP contribution in [-0.2, 0) is 9.53 Å². The van der Waals surface area contributed by atoms with Crippen molar-refractivity contribution in [1.29, 1.82) is 0 Å². The molecule has 0 spiro atoms. The molecule has 2 aromatic carbocycles. The lowest BCUT2D eigenvalue weighted by atomic mass is 10.0. The number of benzene rings is 2. The predicted molar refractivity (Wildman–Crippen MR) is 123 cm³/mol. The Labute approximate surface area is 201 Å². The van der Waals surface area contributed by atoms with E-state index in [4.69, 9.17) is 16.3 Å². The van der Waals surface area contributed by atoms with Gasteiger partial charge in [0.1, 0.15) is 17.4 Å². The standard InChI is InChI=1S/C24H26ClF3N2O4/c1-23(2,3)34-22(32)30-13-7-6-9-19(30)21(31)29-15-11-12-16(18(25)14-15)17-8-4-5-10-20(17)33-24(26,27)28/h4-5,8,10-12,14,19H,6-7,9,13H2,1-3H3,(H,29,31)/t19-/m1/s1. The Kier molecular flexibility index (Phi) is 7.65. The first-order valence-electron chi connectivity index (χ1n) is 10.8. The molecule has 0 unspecified atom stereocenters. The molecule has 0 saturated carbocycles. The molecule has 1 heterocycles. The molecule has 1 N–H and O–H groups in total. The fourth-order valence-electron chi connectivity index (χ4n) is 3.68. The van der Waals surface area contributed by atoms with Crippen molar-refractivity contribution in [3.05, 3.63) is 47.5 Å². The summed E-state index contributed by atoms with van der Waals surface area (Å²) in [6, 6.07) is 9.42. The van der Waals surface area contributed by atoms with Crippen molar-refractivity contribution in [3.8, 4) is 16.9 Å². The molecular weight excluding hydrogens is 473 g/mol. The summed E-state index contributed by atoms with van der Waals surface area (Å²) in [4.78, 5) is 27.0. The van der Waals surface area contributed by atoms with Crippen LogP contribution in [0, 0.1) is 0 Å². The zero-order valence-corrected chi connectivity index (χ0v) is 19.8. The molecule has 2 amide bonds. The predicted octanol–water partition coefficient (Wildman–Crippen LogP) is 6.63. The molecule has 0 radical (unpaired) electrons. The summed E-state index contributed by atoms with van der Waals surface area (Å²) >= 11 is 6.36. The van der Waals surface area contributed by atoms with Gasteiger partial charge in [-0.2, -0.15) is 0 Å². The highest BCUT2D eigenvalue weighted by Gasteiger charge is 2.35. The molecule has 3 rings (SSSR count). The third-order valence-electron chi connectivity index (χ3n) is 5.07. The van der Waals surface area contributed by atoms with Gasteiger partial charge >= 0.3 is 12.5 Å². The van der Waals surface area contributed by atoms with Gasteiger partial charge in [0.2, 0.25) is 5.91 Å². The number of nitrogens with zero attached hydrogens (tertiary/aromatic N) is 1. The molecule has 6 nitrogen and oxygen atoms in total. The van der Waals surface area contributed by atoms with Gasteiger partial charge in [0.15, 0.2) is 0 Å². The minimum absolute atomic E-state index is 0.128. The second kappa shape index (κ2) is 10.1. The number of para-hydroxylation sites is 1. The molecule has 1 aliphatic rings. The van der Waals surface area contributed by atoms with Crippen LogP contribution in [0.3, 0.4) is 0 Å². The molecule has 0 bridgehead atoms. The molecule has 1 saturated heterocycles. The number of hydrogen-bond acceptors (Lipinski definition) is 4. The minimum atomic E-state index is -4.85. The summed E-state index contributed by atoms with van der Waals surface area (Å²) in [5.41, 5.74) is 0.131. The van der Waals surface area contributed by atoms with Crippen LogP contribution >= 0.6 is 11.6 Å². The topological polar surface area (TPSA) is 67.9 Å². The van der Waals surface area contributed by atoms with E-state index < -0.39 is 30.0 Å². The van der Waals surface area contributed by atoms with Gasteiger partial charge in [-0.3, -0.25) is 9.69 Å². The molecule has 10 heteroatoms. The Morgan fingerprint density at radius 3 is 2.41 bits per heavy atom. The molecule has 2 aromatic rings. The number of nitrogens with one attached hydrogen (secondary N) is 1. The second-order valence-electron chi connectivity index (χ2n) is 8.91. The lowest BCUT2D eigenvalue weighted by Gasteiger charge is -2.35. The number of likely N-dealkylation sites (tertiary alicyclic amines) is 1. The number of carbonyl (C=O) groups is 2. The third-order valence-corrected chi connectivity index (χ3v) is 5.39. The fraction of sp³-hybridized carbons (Fsp3) is 0.417. The van der Waals surface area contributed by atoms with Crippen molar-refractivity contribution in [2.24, 2.45) is 0 Å². The van der Waals surface area contributed by atoms with E-state index in [1.807, 2.05) is 0 Å². The molecule has 184 valence electrons. The molecule has 1 fully saturated rings. The van der Waals surface area contributed by atoms with Crippen LogP contribution < -0.4 is 10.1 Å².